The fourth-order valence-electron chi connectivity index (χ4n) is 0.896. The molecule has 0 aliphatic rings. The van der Waals surface area contributed by atoms with Gasteiger partial charge in [-0.1, -0.05) is 25.7 Å². The van der Waals surface area contributed by atoms with Crippen LogP contribution in [0.5, 0.6) is 0 Å². The van der Waals surface area contributed by atoms with Crippen LogP contribution in [-0.4, -0.2) is 6.61 Å². The van der Waals surface area contributed by atoms with Crippen molar-refractivity contribution in [3.63, 3.8) is 0 Å². The third-order valence-corrected chi connectivity index (χ3v) is 1.48. The Morgan fingerprint density at radius 2 is 2.17 bits per heavy atom. The molecule has 0 saturated carbocycles. The minimum Gasteiger partial charge on any atom is -0.494 e. The van der Waals surface area contributed by atoms with Crippen molar-refractivity contribution in [3.05, 3.63) is 36.1 Å². The molecule has 0 amide bonds. The van der Waals surface area contributed by atoms with E-state index in [0.29, 0.717) is 0 Å². The molecule has 0 aliphatic heterocycles. The SMILES string of the molecule is C=C/C=C(C)\C(=C/C)OCCC. The summed E-state index contributed by atoms with van der Waals surface area (Å²) in [7, 11) is 0. The smallest absolute Gasteiger partial charge is 0.117 e. The van der Waals surface area contributed by atoms with E-state index < -0.39 is 0 Å². The summed E-state index contributed by atoms with van der Waals surface area (Å²) >= 11 is 0. The van der Waals surface area contributed by atoms with Crippen molar-refractivity contribution in [2.75, 3.05) is 6.61 Å². The van der Waals surface area contributed by atoms with Crippen LogP contribution in [0.25, 0.3) is 0 Å². The average molecular weight is 166 g/mol. The maximum absolute atomic E-state index is 5.50. The molecule has 0 atom stereocenters. The first-order chi connectivity index (χ1) is 5.76. The van der Waals surface area contributed by atoms with E-state index in [4.69, 9.17) is 4.74 Å². The number of hydrogen-bond acceptors (Lipinski definition) is 1. The molecule has 0 unspecified atom stereocenters. The van der Waals surface area contributed by atoms with Gasteiger partial charge in [-0.3, -0.25) is 0 Å². The Labute approximate surface area is 75.4 Å². The van der Waals surface area contributed by atoms with Crippen molar-refractivity contribution in [1.29, 1.82) is 0 Å². The Morgan fingerprint density at radius 1 is 1.50 bits per heavy atom. The third kappa shape index (κ3) is 4.02. The molecule has 0 rings (SSSR count). The molecule has 0 radical (unpaired) electrons. The van der Waals surface area contributed by atoms with Crippen LogP contribution in [0.3, 0.4) is 0 Å². The summed E-state index contributed by atoms with van der Waals surface area (Å²) < 4.78 is 5.50. The minimum absolute atomic E-state index is 0.780. The van der Waals surface area contributed by atoms with Crippen molar-refractivity contribution >= 4 is 0 Å². The summed E-state index contributed by atoms with van der Waals surface area (Å²) in [6.45, 7) is 10.5. The molecule has 0 aliphatic carbocycles. The predicted octanol–water partition coefficient (Wildman–Crippen LogP) is 3.45. The van der Waals surface area contributed by atoms with Crippen LogP contribution in [0.15, 0.2) is 36.1 Å². The second-order valence-electron chi connectivity index (χ2n) is 2.59. The maximum Gasteiger partial charge on any atom is 0.117 e. The molecule has 0 aromatic carbocycles. The Morgan fingerprint density at radius 3 is 2.58 bits per heavy atom. The summed E-state index contributed by atoms with van der Waals surface area (Å²) in [5, 5.41) is 0. The first-order valence-electron chi connectivity index (χ1n) is 4.35. The Balaban J connectivity index is 4.16. The van der Waals surface area contributed by atoms with Crippen LogP contribution < -0.4 is 0 Å². The lowest BCUT2D eigenvalue weighted by atomic mass is 10.2. The molecule has 1 nitrogen and oxygen atoms in total. The quantitative estimate of drug-likeness (QED) is 0.449. The summed E-state index contributed by atoms with van der Waals surface area (Å²) in [6.07, 6.45) is 6.74. The topological polar surface area (TPSA) is 9.23 Å². The Hall–Kier alpha value is -0.980. The molecule has 0 heterocycles. The van der Waals surface area contributed by atoms with Crippen LogP contribution >= 0.6 is 0 Å². The molecular weight excluding hydrogens is 148 g/mol. The molecule has 0 N–H and O–H groups in total. The van der Waals surface area contributed by atoms with Crippen LogP contribution in [0.1, 0.15) is 27.2 Å². The molecule has 0 spiro atoms. The highest BCUT2D eigenvalue weighted by molar-refractivity contribution is 5.26. The third-order valence-electron chi connectivity index (χ3n) is 1.48. The molecule has 1 heteroatoms. The second kappa shape index (κ2) is 6.71. The fourth-order valence-corrected chi connectivity index (χ4v) is 0.896. The predicted molar refractivity (Wildman–Crippen MR) is 54.0 cm³/mol. The van der Waals surface area contributed by atoms with Crippen LogP contribution in [0.4, 0.5) is 0 Å². The highest BCUT2D eigenvalue weighted by Gasteiger charge is 1.96. The summed E-state index contributed by atoms with van der Waals surface area (Å²) in [5.74, 6) is 0.955. The summed E-state index contributed by atoms with van der Waals surface area (Å²) in [6, 6.07) is 0. The minimum atomic E-state index is 0.780. The highest BCUT2D eigenvalue weighted by atomic mass is 16.5. The number of rotatable bonds is 5. The first-order valence-corrected chi connectivity index (χ1v) is 4.35. The fraction of sp³-hybridized carbons (Fsp3) is 0.455. The normalized spacial score (nSPS) is 12.9. The van der Waals surface area contributed by atoms with Crippen LogP contribution in [0.2, 0.25) is 0 Å². The molecule has 0 bridgehead atoms. The van der Waals surface area contributed by atoms with Crippen molar-refractivity contribution in [2.24, 2.45) is 0 Å². The van der Waals surface area contributed by atoms with Gasteiger partial charge in [-0.25, -0.2) is 0 Å². The van der Waals surface area contributed by atoms with Gasteiger partial charge in [0.25, 0.3) is 0 Å². The van der Waals surface area contributed by atoms with Gasteiger partial charge in [-0.05, 0) is 31.9 Å². The Bertz CT molecular complexity index is 187. The summed E-state index contributed by atoms with van der Waals surface area (Å²) in [5.41, 5.74) is 1.13. The molecular formula is C11H18O. The lowest BCUT2D eigenvalue weighted by molar-refractivity contribution is 0.220. The van der Waals surface area contributed by atoms with Gasteiger partial charge in [-0.15, -0.1) is 0 Å². The van der Waals surface area contributed by atoms with E-state index in [1.54, 1.807) is 6.08 Å². The van der Waals surface area contributed by atoms with Crippen molar-refractivity contribution in [3.8, 4) is 0 Å². The maximum atomic E-state index is 5.50. The molecule has 68 valence electrons. The van der Waals surface area contributed by atoms with E-state index in [1.165, 1.54) is 0 Å². The van der Waals surface area contributed by atoms with Gasteiger partial charge in [-0.2, -0.15) is 0 Å². The number of hydrogen-bond donors (Lipinski definition) is 0. The first kappa shape index (κ1) is 11.0. The zero-order valence-electron chi connectivity index (χ0n) is 8.26. The van der Waals surface area contributed by atoms with Gasteiger partial charge in [0, 0.05) is 0 Å². The lowest BCUT2D eigenvalue weighted by Crippen LogP contribution is -1.94. The van der Waals surface area contributed by atoms with Gasteiger partial charge in [0.15, 0.2) is 0 Å². The molecule has 0 aromatic rings. The van der Waals surface area contributed by atoms with E-state index in [9.17, 15) is 0 Å². The monoisotopic (exact) mass is 166 g/mol. The van der Waals surface area contributed by atoms with E-state index in [2.05, 4.69) is 13.5 Å². The molecule has 12 heavy (non-hydrogen) atoms. The molecule has 0 fully saturated rings. The van der Waals surface area contributed by atoms with E-state index >= 15 is 0 Å². The van der Waals surface area contributed by atoms with E-state index in [0.717, 1.165) is 24.4 Å². The summed E-state index contributed by atoms with van der Waals surface area (Å²) in [4.78, 5) is 0. The van der Waals surface area contributed by atoms with Gasteiger partial charge in [0.2, 0.25) is 0 Å². The molecule has 0 aromatic heterocycles. The van der Waals surface area contributed by atoms with Gasteiger partial charge in [0.05, 0.1) is 6.61 Å². The zero-order chi connectivity index (χ0) is 9.40. The van der Waals surface area contributed by atoms with E-state index in [1.807, 2.05) is 26.0 Å². The number of allylic oxidation sites excluding steroid dienone is 4. The average Bonchev–Trinajstić information content (AvgIpc) is 2.06. The second-order valence-corrected chi connectivity index (χ2v) is 2.59. The Kier molecular flexibility index (Phi) is 6.16. The van der Waals surface area contributed by atoms with Gasteiger partial charge < -0.3 is 4.74 Å². The van der Waals surface area contributed by atoms with Gasteiger partial charge in [0.1, 0.15) is 5.76 Å². The number of ether oxygens (including phenoxy) is 1. The lowest BCUT2D eigenvalue weighted by Gasteiger charge is -2.08. The van der Waals surface area contributed by atoms with Crippen molar-refractivity contribution in [1.82, 2.24) is 0 Å². The van der Waals surface area contributed by atoms with Crippen molar-refractivity contribution in [2.45, 2.75) is 27.2 Å². The zero-order valence-corrected chi connectivity index (χ0v) is 8.26. The van der Waals surface area contributed by atoms with Crippen LogP contribution in [-0.2, 0) is 4.74 Å². The highest BCUT2D eigenvalue weighted by Crippen LogP contribution is 2.10. The standard InChI is InChI=1S/C11H18O/c1-5-8-10(4)11(7-3)12-9-6-2/h5,7-8H,1,6,9H2,2-4H3/b10-8-,11-7+. The van der Waals surface area contributed by atoms with E-state index in [-0.39, 0.29) is 0 Å². The van der Waals surface area contributed by atoms with Gasteiger partial charge >= 0.3 is 0 Å². The molecule has 0 saturated heterocycles. The van der Waals surface area contributed by atoms with Crippen molar-refractivity contribution < 1.29 is 4.74 Å². The van der Waals surface area contributed by atoms with Crippen LogP contribution in [0, 0.1) is 0 Å². The largest absolute Gasteiger partial charge is 0.494 e.